The number of carbonyl (C=O) groups is 1. The minimum absolute atomic E-state index is 0.0641. The average molecular weight is 457 g/mol. The number of hydrogen-bond acceptors (Lipinski definition) is 4. The fraction of sp³-hybridized carbons (Fsp3) is 0.464. The lowest BCUT2D eigenvalue weighted by atomic mass is 9.77. The third-order valence-electron chi connectivity index (χ3n) is 7.95. The fourth-order valence-electron chi connectivity index (χ4n) is 5.79. The van der Waals surface area contributed by atoms with Gasteiger partial charge in [-0.15, -0.1) is 0 Å². The molecule has 3 heterocycles. The number of imidazole rings is 1. The first-order chi connectivity index (χ1) is 16.5. The Balaban J connectivity index is 1.36. The van der Waals surface area contributed by atoms with Gasteiger partial charge >= 0.3 is 0 Å². The number of benzene rings is 1. The Labute approximate surface area is 200 Å². The molecule has 1 aromatic carbocycles. The molecular weight excluding hydrogens is 424 g/mol. The number of hydrogen-bond donors (Lipinski definition) is 0. The third-order valence-corrected chi connectivity index (χ3v) is 7.95. The predicted octanol–water partition coefficient (Wildman–Crippen LogP) is 5.63. The Bertz CT molecular complexity index is 1380. The Morgan fingerprint density at radius 1 is 1.15 bits per heavy atom. The lowest BCUT2D eigenvalue weighted by Crippen LogP contribution is -2.32. The summed E-state index contributed by atoms with van der Waals surface area (Å²) in [6, 6.07) is 12.3. The summed E-state index contributed by atoms with van der Waals surface area (Å²) in [6.07, 6.45) is 7.42. The van der Waals surface area contributed by atoms with Gasteiger partial charge in [-0.3, -0.25) is 4.79 Å². The standard InChI is InChI=1S/C28H32N4O2/c1-17-13-19(9-11-25(17)34-3)26(33)20-8-10-23-22(14-20)30-28(31(23)2)24-15-21-5-4-12-29-27(21)32(24)16-18-6-7-18/h4-5,8,10,12,14-15,17-19,25H,6-7,9,11,13,16H2,1-3H3/t17-,19?,25+/m0/s1. The van der Waals surface area contributed by atoms with Crippen LogP contribution in [0.1, 0.15) is 49.4 Å². The highest BCUT2D eigenvalue weighted by molar-refractivity contribution is 6.01. The Morgan fingerprint density at radius 3 is 2.76 bits per heavy atom. The van der Waals surface area contributed by atoms with Gasteiger partial charge in [-0.1, -0.05) is 6.92 Å². The van der Waals surface area contributed by atoms with Gasteiger partial charge in [0.2, 0.25) is 0 Å². The quantitative estimate of drug-likeness (QED) is 0.353. The molecule has 4 aromatic rings. The van der Waals surface area contributed by atoms with E-state index in [1.165, 1.54) is 12.8 Å². The van der Waals surface area contributed by atoms with E-state index in [0.717, 1.165) is 70.9 Å². The van der Waals surface area contributed by atoms with E-state index in [-0.39, 0.29) is 17.8 Å². The molecule has 0 aliphatic heterocycles. The lowest BCUT2D eigenvalue weighted by Gasteiger charge is -2.32. The summed E-state index contributed by atoms with van der Waals surface area (Å²) in [7, 11) is 3.84. The molecule has 6 heteroatoms. The molecule has 0 saturated heterocycles. The average Bonchev–Trinajstić information content (AvgIpc) is 3.52. The highest BCUT2D eigenvalue weighted by atomic mass is 16.5. The van der Waals surface area contributed by atoms with E-state index in [9.17, 15) is 4.79 Å². The van der Waals surface area contributed by atoms with Gasteiger partial charge < -0.3 is 13.9 Å². The van der Waals surface area contributed by atoms with Gasteiger partial charge in [0.25, 0.3) is 0 Å². The summed E-state index contributed by atoms with van der Waals surface area (Å²) in [5, 5.41) is 1.14. The first-order valence-electron chi connectivity index (χ1n) is 12.5. The molecule has 2 aliphatic carbocycles. The number of ketones is 1. The van der Waals surface area contributed by atoms with Crippen molar-refractivity contribution in [2.24, 2.45) is 24.8 Å². The number of Topliss-reactive ketones (excluding diaryl/α,β-unsaturated/α-hetero) is 1. The second kappa shape index (κ2) is 8.35. The number of carbonyl (C=O) groups excluding carboxylic acids is 1. The molecule has 2 aliphatic rings. The van der Waals surface area contributed by atoms with Crippen LogP contribution in [-0.2, 0) is 18.3 Å². The molecule has 2 saturated carbocycles. The van der Waals surface area contributed by atoms with Crippen molar-refractivity contribution in [1.82, 2.24) is 19.1 Å². The lowest BCUT2D eigenvalue weighted by molar-refractivity contribution is 0.0163. The first-order valence-corrected chi connectivity index (χ1v) is 12.5. The highest BCUT2D eigenvalue weighted by Gasteiger charge is 2.32. The van der Waals surface area contributed by atoms with Crippen LogP contribution in [0.5, 0.6) is 0 Å². The molecule has 6 rings (SSSR count). The van der Waals surface area contributed by atoms with E-state index in [2.05, 4.69) is 46.3 Å². The third kappa shape index (κ3) is 3.65. The Hall–Kier alpha value is -2.99. The molecule has 2 fully saturated rings. The number of ether oxygens (including phenoxy) is 1. The van der Waals surface area contributed by atoms with E-state index in [4.69, 9.17) is 9.72 Å². The van der Waals surface area contributed by atoms with E-state index in [1.54, 1.807) is 7.11 Å². The first kappa shape index (κ1) is 21.5. The number of rotatable bonds is 6. The zero-order valence-corrected chi connectivity index (χ0v) is 20.2. The van der Waals surface area contributed by atoms with Crippen LogP contribution in [-0.4, -0.2) is 38.1 Å². The SMILES string of the molecule is CO[C@@H]1CCC(C(=O)c2ccc3c(c2)nc(-c2cc4cccnc4n2CC2CC2)n3C)C[C@@H]1C. The van der Waals surface area contributed by atoms with Crippen LogP contribution < -0.4 is 0 Å². The van der Waals surface area contributed by atoms with Gasteiger partial charge in [-0.25, -0.2) is 9.97 Å². The maximum atomic E-state index is 13.4. The van der Waals surface area contributed by atoms with Crippen LogP contribution in [0.2, 0.25) is 0 Å². The molecule has 3 atom stereocenters. The summed E-state index contributed by atoms with van der Waals surface area (Å²) in [4.78, 5) is 23.1. The van der Waals surface area contributed by atoms with Crippen LogP contribution in [0.25, 0.3) is 33.6 Å². The number of aryl methyl sites for hydroxylation is 1. The molecule has 0 radical (unpaired) electrons. The molecule has 6 nitrogen and oxygen atoms in total. The van der Waals surface area contributed by atoms with E-state index < -0.39 is 0 Å². The number of methoxy groups -OCH3 is 1. The largest absolute Gasteiger partial charge is 0.381 e. The van der Waals surface area contributed by atoms with Crippen LogP contribution in [0.3, 0.4) is 0 Å². The predicted molar refractivity (Wildman–Crippen MR) is 134 cm³/mol. The van der Waals surface area contributed by atoms with Crippen molar-refractivity contribution < 1.29 is 9.53 Å². The maximum Gasteiger partial charge on any atom is 0.166 e. The van der Waals surface area contributed by atoms with Gasteiger partial charge in [0.1, 0.15) is 5.65 Å². The fourth-order valence-corrected chi connectivity index (χ4v) is 5.79. The van der Waals surface area contributed by atoms with Crippen LogP contribution in [0, 0.1) is 17.8 Å². The summed E-state index contributed by atoms with van der Waals surface area (Å²) in [5.41, 5.74) is 4.80. The summed E-state index contributed by atoms with van der Waals surface area (Å²) >= 11 is 0. The highest BCUT2D eigenvalue weighted by Crippen LogP contribution is 2.37. The van der Waals surface area contributed by atoms with E-state index in [1.807, 2.05) is 24.4 Å². The molecule has 0 amide bonds. The molecule has 3 aromatic heterocycles. The molecule has 0 N–H and O–H groups in total. The van der Waals surface area contributed by atoms with Crippen LogP contribution in [0.4, 0.5) is 0 Å². The summed E-state index contributed by atoms with van der Waals surface area (Å²) in [6.45, 7) is 3.17. The number of nitrogens with zero attached hydrogens (tertiary/aromatic N) is 4. The van der Waals surface area contributed by atoms with Crippen molar-refractivity contribution in [3.05, 3.63) is 48.2 Å². The molecular formula is C28H32N4O2. The minimum Gasteiger partial charge on any atom is -0.381 e. The van der Waals surface area contributed by atoms with Gasteiger partial charge in [-0.2, -0.15) is 0 Å². The molecule has 0 spiro atoms. The van der Waals surface area contributed by atoms with Crippen molar-refractivity contribution in [3.8, 4) is 11.5 Å². The minimum atomic E-state index is 0.0641. The molecule has 176 valence electrons. The van der Waals surface area contributed by atoms with E-state index in [0.29, 0.717) is 5.92 Å². The molecule has 34 heavy (non-hydrogen) atoms. The number of pyridine rings is 1. The molecule has 1 unspecified atom stereocenters. The van der Waals surface area contributed by atoms with Gasteiger partial charge in [-0.05, 0) is 80.3 Å². The number of fused-ring (bicyclic) bond motifs is 2. The van der Waals surface area contributed by atoms with Crippen molar-refractivity contribution in [1.29, 1.82) is 0 Å². The topological polar surface area (TPSA) is 61.9 Å². The summed E-state index contributed by atoms with van der Waals surface area (Å²) < 4.78 is 10.1. The van der Waals surface area contributed by atoms with Gasteiger partial charge in [0.15, 0.2) is 11.6 Å². The Morgan fingerprint density at radius 2 is 2.00 bits per heavy atom. The second-order valence-electron chi connectivity index (χ2n) is 10.3. The zero-order valence-electron chi connectivity index (χ0n) is 20.2. The van der Waals surface area contributed by atoms with Gasteiger partial charge in [0, 0.05) is 43.8 Å². The van der Waals surface area contributed by atoms with Crippen molar-refractivity contribution in [2.45, 2.75) is 51.7 Å². The number of aromatic nitrogens is 4. The van der Waals surface area contributed by atoms with Crippen molar-refractivity contribution in [2.75, 3.05) is 7.11 Å². The smallest absolute Gasteiger partial charge is 0.166 e. The van der Waals surface area contributed by atoms with Crippen LogP contribution >= 0.6 is 0 Å². The monoisotopic (exact) mass is 456 g/mol. The van der Waals surface area contributed by atoms with Crippen molar-refractivity contribution in [3.63, 3.8) is 0 Å². The second-order valence-corrected chi connectivity index (χ2v) is 10.3. The Kier molecular flexibility index (Phi) is 5.29. The van der Waals surface area contributed by atoms with Gasteiger partial charge in [0.05, 0.1) is 22.8 Å². The van der Waals surface area contributed by atoms with E-state index >= 15 is 0 Å². The van der Waals surface area contributed by atoms with Crippen molar-refractivity contribution >= 4 is 27.9 Å². The van der Waals surface area contributed by atoms with Crippen LogP contribution in [0.15, 0.2) is 42.6 Å². The normalized spacial score (nSPS) is 23.1. The maximum absolute atomic E-state index is 13.4. The zero-order chi connectivity index (χ0) is 23.4. The summed E-state index contributed by atoms with van der Waals surface area (Å²) in [5.74, 6) is 2.36. The molecule has 0 bridgehead atoms.